The van der Waals surface area contributed by atoms with Crippen LogP contribution in [0.4, 0.5) is 0 Å². The lowest BCUT2D eigenvalue weighted by molar-refractivity contribution is -0.195. The van der Waals surface area contributed by atoms with E-state index in [0.717, 1.165) is 0 Å². The second-order valence-corrected chi connectivity index (χ2v) is 3.98. The Balaban J connectivity index is 2.54. The molecule has 0 aromatic heterocycles. The Bertz CT molecular complexity index is 239. The van der Waals surface area contributed by atoms with Crippen LogP contribution in [-0.4, -0.2) is 57.6 Å². The van der Waals surface area contributed by atoms with Crippen LogP contribution in [-0.2, 0) is 9.53 Å². The fraction of sp³-hybridized carbons (Fsp3) is 0.875. The molecular weight excluding hydrogens is 222 g/mol. The third kappa shape index (κ3) is 3.05. The lowest BCUT2D eigenvalue weighted by Gasteiger charge is -2.38. The summed E-state index contributed by atoms with van der Waals surface area (Å²) in [5.74, 6) is -0.262. The fourth-order valence-electron chi connectivity index (χ4n) is 1.34. The Hall–Kier alpha value is -0.340. The average Bonchev–Trinajstić information content (AvgIpc) is 2.18. The first-order valence-electron chi connectivity index (χ1n) is 4.55. The first kappa shape index (κ1) is 12.7. The Morgan fingerprint density at radius 3 is 2.47 bits per heavy atom. The number of rotatable bonds is 2. The first-order chi connectivity index (χ1) is 6.93. The summed E-state index contributed by atoms with van der Waals surface area (Å²) in [5, 5.41) is 30.7. The van der Waals surface area contributed by atoms with Crippen molar-refractivity contribution in [3.8, 4) is 0 Å². The molecule has 0 unspecified atom stereocenters. The molecule has 0 saturated carbocycles. The topological polar surface area (TPSA) is 99.0 Å². The highest BCUT2D eigenvalue weighted by Crippen LogP contribution is 2.22. The summed E-state index contributed by atoms with van der Waals surface area (Å²) in [7, 11) is 0. The molecule has 0 bridgehead atoms. The van der Waals surface area contributed by atoms with Gasteiger partial charge in [-0.1, -0.05) is 0 Å². The highest BCUT2D eigenvalue weighted by atomic mass is 32.1. The zero-order valence-electron chi connectivity index (χ0n) is 8.20. The summed E-state index contributed by atoms with van der Waals surface area (Å²) in [4.78, 5) is 10.6. The molecule has 1 saturated heterocycles. The SMILES string of the molecule is CC(=O)NC[C@H]1O[C@@H](S)[C@@H](O)[C@@H](O)[C@@H]1O. The number of amides is 1. The van der Waals surface area contributed by atoms with Gasteiger partial charge in [0.25, 0.3) is 0 Å². The first-order valence-corrected chi connectivity index (χ1v) is 5.07. The molecule has 0 spiro atoms. The number of aliphatic hydroxyl groups is 3. The monoisotopic (exact) mass is 237 g/mol. The van der Waals surface area contributed by atoms with Crippen LogP contribution in [0, 0.1) is 0 Å². The van der Waals surface area contributed by atoms with Gasteiger partial charge in [0.2, 0.25) is 5.91 Å². The predicted molar refractivity (Wildman–Crippen MR) is 54.4 cm³/mol. The van der Waals surface area contributed by atoms with Gasteiger partial charge in [-0.3, -0.25) is 4.79 Å². The van der Waals surface area contributed by atoms with Gasteiger partial charge in [0.1, 0.15) is 29.9 Å². The Morgan fingerprint density at radius 2 is 1.93 bits per heavy atom. The van der Waals surface area contributed by atoms with Crippen molar-refractivity contribution in [3.63, 3.8) is 0 Å². The molecule has 0 aromatic carbocycles. The molecule has 0 aromatic rings. The number of hydrogen-bond donors (Lipinski definition) is 5. The van der Waals surface area contributed by atoms with Crippen molar-refractivity contribution in [3.05, 3.63) is 0 Å². The molecule has 6 nitrogen and oxygen atoms in total. The van der Waals surface area contributed by atoms with Crippen molar-refractivity contribution in [1.29, 1.82) is 0 Å². The molecule has 15 heavy (non-hydrogen) atoms. The van der Waals surface area contributed by atoms with Crippen LogP contribution in [0.25, 0.3) is 0 Å². The van der Waals surface area contributed by atoms with Gasteiger partial charge in [0, 0.05) is 13.5 Å². The van der Waals surface area contributed by atoms with Gasteiger partial charge < -0.3 is 25.4 Å². The van der Waals surface area contributed by atoms with Gasteiger partial charge in [-0.15, -0.1) is 12.6 Å². The summed E-state index contributed by atoms with van der Waals surface area (Å²) < 4.78 is 5.12. The third-order valence-corrected chi connectivity index (χ3v) is 2.67. The van der Waals surface area contributed by atoms with E-state index in [2.05, 4.69) is 17.9 Å². The maximum absolute atomic E-state index is 10.6. The summed E-state index contributed by atoms with van der Waals surface area (Å²) >= 11 is 3.90. The van der Waals surface area contributed by atoms with Crippen LogP contribution >= 0.6 is 12.6 Å². The van der Waals surface area contributed by atoms with Crippen LogP contribution in [0.15, 0.2) is 0 Å². The van der Waals surface area contributed by atoms with E-state index in [1.165, 1.54) is 6.92 Å². The van der Waals surface area contributed by atoms with Crippen LogP contribution in [0.3, 0.4) is 0 Å². The maximum atomic E-state index is 10.6. The number of aliphatic hydroxyl groups excluding tert-OH is 3. The van der Waals surface area contributed by atoms with E-state index in [4.69, 9.17) is 4.74 Å². The lowest BCUT2D eigenvalue weighted by Crippen LogP contribution is -2.58. The largest absolute Gasteiger partial charge is 0.388 e. The normalized spacial score (nSPS) is 41.3. The van der Waals surface area contributed by atoms with E-state index in [-0.39, 0.29) is 12.5 Å². The highest BCUT2D eigenvalue weighted by molar-refractivity contribution is 7.80. The Kier molecular flexibility index (Phi) is 4.35. The second kappa shape index (κ2) is 5.13. The lowest BCUT2D eigenvalue weighted by atomic mass is 10.00. The third-order valence-electron chi connectivity index (χ3n) is 2.24. The fourth-order valence-corrected chi connectivity index (χ4v) is 1.68. The summed E-state index contributed by atoms with van der Waals surface area (Å²) in [6.07, 6.45) is -4.57. The molecule has 1 aliphatic heterocycles. The number of ether oxygens (including phenoxy) is 1. The number of carbonyl (C=O) groups is 1. The van der Waals surface area contributed by atoms with E-state index in [0.29, 0.717) is 0 Å². The summed E-state index contributed by atoms with van der Waals surface area (Å²) in [6.45, 7) is 1.40. The smallest absolute Gasteiger partial charge is 0.216 e. The molecule has 7 heteroatoms. The van der Waals surface area contributed by atoms with Gasteiger partial charge in [-0.05, 0) is 0 Å². The number of carbonyl (C=O) groups excluding carboxylic acids is 1. The molecule has 5 atom stereocenters. The predicted octanol–water partition coefficient (Wildman–Crippen LogP) is -2.14. The molecule has 1 aliphatic rings. The van der Waals surface area contributed by atoms with Gasteiger partial charge in [-0.25, -0.2) is 0 Å². The summed E-state index contributed by atoms with van der Waals surface area (Å²) in [5.41, 5.74) is -0.873. The number of thiol groups is 1. The van der Waals surface area contributed by atoms with Gasteiger partial charge in [0.05, 0.1) is 0 Å². The second-order valence-electron chi connectivity index (χ2n) is 3.47. The number of nitrogens with one attached hydrogen (secondary N) is 1. The van der Waals surface area contributed by atoms with Crippen molar-refractivity contribution < 1.29 is 24.9 Å². The Labute approximate surface area is 92.7 Å². The molecule has 1 heterocycles. The minimum absolute atomic E-state index is 0.0668. The molecule has 1 amide bonds. The van der Waals surface area contributed by atoms with Gasteiger partial charge in [0.15, 0.2) is 0 Å². The zero-order valence-corrected chi connectivity index (χ0v) is 9.09. The molecule has 0 aliphatic carbocycles. The standard InChI is InChI=1S/C8H15NO5S/c1-3(10)9-2-4-5(11)6(12)7(13)8(15)14-4/h4-8,11-13,15H,2H2,1H3,(H,9,10)/t4-,5-,6+,7+,8+/m1/s1. The van der Waals surface area contributed by atoms with Crippen molar-refractivity contribution in [1.82, 2.24) is 5.32 Å². The van der Waals surface area contributed by atoms with Crippen LogP contribution < -0.4 is 5.32 Å². The Morgan fingerprint density at radius 1 is 1.33 bits per heavy atom. The van der Waals surface area contributed by atoms with E-state index in [1.807, 2.05) is 0 Å². The minimum Gasteiger partial charge on any atom is -0.388 e. The van der Waals surface area contributed by atoms with Crippen LogP contribution in [0.5, 0.6) is 0 Å². The van der Waals surface area contributed by atoms with Crippen molar-refractivity contribution in [2.24, 2.45) is 0 Å². The molecule has 88 valence electrons. The van der Waals surface area contributed by atoms with Crippen molar-refractivity contribution >= 4 is 18.5 Å². The van der Waals surface area contributed by atoms with Crippen molar-refractivity contribution in [2.75, 3.05) is 6.54 Å². The van der Waals surface area contributed by atoms with Gasteiger partial charge in [-0.2, -0.15) is 0 Å². The maximum Gasteiger partial charge on any atom is 0.216 e. The molecule has 1 fully saturated rings. The molecular formula is C8H15NO5S. The van der Waals surface area contributed by atoms with Gasteiger partial charge >= 0.3 is 0 Å². The van der Waals surface area contributed by atoms with Crippen molar-refractivity contribution in [2.45, 2.75) is 36.8 Å². The van der Waals surface area contributed by atoms with E-state index < -0.39 is 29.9 Å². The molecule has 1 rings (SSSR count). The quantitative estimate of drug-likeness (QED) is 0.353. The van der Waals surface area contributed by atoms with E-state index in [9.17, 15) is 20.1 Å². The minimum atomic E-state index is -1.32. The molecule has 4 N–H and O–H groups in total. The van der Waals surface area contributed by atoms with E-state index in [1.54, 1.807) is 0 Å². The average molecular weight is 237 g/mol. The van der Waals surface area contributed by atoms with Crippen LogP contribution in [0.1, 0.15) is 6.92 Å². The number of hydrogen-bond acceptors (Lipinski definition) is 6. The highest BCUT2D eigenvalue weighted by Gasteiger charge is 2.42. The van der Waals surface area contributed by atoms with Crippen LogP contribution in [0.2, 0.25) is 0 Å². The zero-order chi connectivity index (χ0) is 11.6. The van der Waals surface area contributed by atoms with E-state index >= 15 is 0 Å². The summed E-state index contributed by atoms with van der Waals surface area (Å²) in [6, 6.07) is 0. The molecule has 0 radical (unpaired) electrons.